The molecule has 2 rings (SSSR count). The molecule has 1 aromatic heterocycles. The maximum atomic E-state index is 12.7. The SMILES string of the molecule is NCC(n1cnc2ccccc21)C(F)(F)F. The van der Waals surface area contributed by atoms with Gasteiger partial charge >= 0.3 is 6.18 Å². The third-order valence-corrected chi connectivity index (χ3v) is 2.42. The van der Waals surface area contributed by atoms with Crippen LogP contribution < -0.4 is 5.73 Å². The quantitative estimate of drug-likeness (QED) is 0.856. The van der Waals surface area contributed by atoms with Crippen molar-refractivity contribution in [2.24, 2.45) is 5.73 Å². The van der Waals surface area contributed by atoms with Crippen molar-refractivity contribution in [1.29, 1.82) is 0 Å². The summed E-state index contributed by atoms with van der Waals surface area (Å²) in [5.74, 6) is 0. The van der Waals surface area contributed by atoms with Gasteiger partial charge in [-0.1, -0.05) is 12.1 Å². The van der Waals surface area contributed by atoms with Gasteiger partial charge in [-0.3, -0.25) is 0 Å². The smallest absolute Gasteiger partial charge is 0.328 e. The van der Waals surface area contributed by atoms with Crippen LogP contribution in [0.25, 0.3) is 11.0 Å². The van der Waals surface area contributed by atoms with E-state index in [0.717, 1.165) is 4.57 Å². The molecule has 1 unspecified atom stereocenters. The number of hydrogen-bond acceptors (Lipinski definition) is 2. The third kappa shape index (κ3) is 1.76. The van der Waals surface area contributed by atoms with E-state index in [1.807, 2.05) is 0 Å². The van der Waals surface area contributed by atoms with E-state index in [0.29, 0.717) is 11.0 Å². The Labute approximate surface area is 89.7 Å². The molecule has 0 saturated carbocycles. The maximum Gasteiger partial charge on any atom is 0.410 e. The van der Waals surface area contributed by atoms with E-state index in [9.17, 15) is 13.2 Å². The van der Waals surface area contributed by atoms with Gasteiger partial charge in [0.1, 0.15) is 6.04 Å². The summed E-state index contributed by atoms with van der Waals surface area (Å²) in [6.07, 6.45) is -3.19. The second kappa shape index (κ2) is 3.79. The van der Waals surface area contributed by atoms with Gasteiger partial charge < -0.3 is 10.3 Å². The number of rotatable bonds is 2. The van der Waals surface area contributed by atoms with Crippen LogP contribution in [0.2, 0.25) is 0 Å². The first-order chi connectivity index (χ1) is 7.54. The van der Waals surface area contributed by atoms with Crippen LogP contribution in [0, 0.1) is 0 Å². The van der Waals surface area contributed by atoms with Crippen molar-refractivity contribution in [3.8, 4) is 0 Å². The molecule has 0 saturated heterocycles. The van der Waals surface area contributed by atoms with Crippen molar-refractivity contribution in [2.75, 3.05) is 6.54 Å². The van der Waals surface area contributed by atoms with Crippen molar-refractivity contribution in [3.63, 3.8) is 0 Å². The number of nitrogens with zero attached hydrogens (tertiary/aromatic N) is 2. The standard InChI is InChI=1S/C10H10F3N3/c11-10(12,13)9(5-14)16-6-15-7-3-1-2-4-8(7)16/h1-4,6,9H,5,14H2. The summed E-state index contributed by atoms with van der Waals surface area (Å²) < 4.78 is 39.1. The summed E-state index contributed by atoms with van der Waals surface area (Å²) in [4.78, 5) is 3.91. The molecule has 0 bridgehead atoms. The van der Waals surface area contributed by atoms with E-state index < -0.39 is 18.8 Å². The average molecular weight is 229 g/mol. The van der Waals surface area contributed by atoms with Crippen LogP contribution in [-0.2, 0) is 0 Å². The second-order valence-corrected chi connectivity index (χ2v) is 3.43. The Morgan fingerprint density at radius 1 is 1.31 bits per heavy atom. The second-order valence-electron chi connectivity index (χ2n) is 3.43. The van der Waals surface area contributed by atoms with Crippen LogP contribution in [0.4, 0.5) is 13.2 Å². The number of alkyl halides is 3. The molecular formula is C10H10F3N3. The number of benzene rings is 1. The van der Waals surface area contributed by atoms with Crippen molar-refractivity contribution in [3.05, 3.63) is 30.6 Å². The fourth-order valence-electron chi connectivity index (χ4n) is 1.63. The minimum Gasteiger partial charge on any atom is -0.328 e. The van der Waals surface area contributed by atoms with Gasteiger partial charge in [-0.15, -0.1) is 0 Å². The zero-order valence-electron chi connectivity index (χ0n) is 8.28. The molecule has 0 radical (unpaired) electrons. The molecule has 16 heavy (non-hydrogen) atoms. The average Bonchev–Trinajstić information content (AvgIpc) is 2.61. The Kier molecular flexibility index (Phi) is 2.59. The Balaban J connectivity index is 2.54. The van der Waals surface area contributed by atoms with Gasteiger partial charge in [-0.05, 0) is 12.1 Å². The van der Waals surface area contributed by atoms with E-state index in [2.05, 4.69) is 4.98 Å². The lowest BCUT2D eigenvalue weighted by Gasteiger charge is -2.20. The molecule has 1 atom stereocenters. The van der Waals surface area contributed by atoms with Crippen molar-refractivity contribution in [2.45, 2.75) is 12.2 Å². The number of hydrogen-bond donors (Lipinski definition) is 1. The molecule has 1 aromatic carbocycles. The number of fused-ring (bicyclic) bond motifs is 1. The van der Waals surface area contributed by atoms with Crippen molar-refractivity contribution < 1.29 is 13.2 Å². The Morgan fingerprint density at radius 3 is 2.62 bits per heavy atom. The van der Waals surface area contributed by atoms with E-state index in [-0.39, 0.29) is 0 Å². The summed E-state index contributed by atoms with van der Waals surface area (Å²) in [5.41, 5.74) is 6.15. The molecule has 0 fully saturated rings. The molecule has 0 aliphatic heterocycles. The summed E-state index contributed by atoms with van der Waals surface area (Å²) in [6, 6.07) is 4.93. The highest BCUT2D eigenvalue weighted by Crippen LogP contribution is 2.31. The predicted molar refractivity (Wildman–Crippen MR) is 53.9 cm³/mol. The normalized spacial score (nSPS) is 14.2. The van der Waals surface area contributed by atoms with Gasteiger partial charge in [0.15, 0.2) is 0 Å². The molecule has 2 aromatic rings. The molecule has 6 heteroatoms. The van der Waals surface area contributed by atoms with E-state index in [4.69, 9.17) is 5.73 Å². The van der Waals surface area contributed by atoms with Gasteiger partial charge in [0.25, 0.3) is 0 Å². The molecule has 2 N–H and O–H groups in total. The first kappa shape index (κ1) is 10.9. The summed E-state index contributed by atoms with van der Waals surface area (Å²) in [6.45, 7) is -0.496. The number of imidazole rings is 1. The largest absolute Gasteiger partial charge is 0.410 e. The van der Waals surface area contributed by atoms with Crippen LogP contribution >= 0.6 is 0 Å². The number of nitrogens with two attached hydrogens (primary N) is 1. The summed E-state index contributed by atoms with van der Waals surface area (Å²) in [5, 5.41) is 0. The zero-order valence-corrected chi connectivity index (χ0v) is 8.28. The van der Waals surface area contributed by atoms with E-state index in [1.165, 1.54) is 6.33 Å². The van der Waals surface area contributed by atoms with Gasteiger partial charge in [-0.25, -0.2) is 4.98 Å². The summed E-state index contributed by atoms with van der Waals surface area (Å²) >= 11 is 0. The first-order valence-corrected chi connectivity index (χ1v) is 4.72. The van der Waals surface area contributed by atoms with Crippen molar-refractivity contribution in [1.82, 2.24) is 9.55 Å². The van der Waals surface area contributed by atoms with Gasteiger partial charge in [-0.2, -0.15) is 13.2 Å². The monoisotopic (exact) mass is 229 g/mol. The topological polar surface area (TPSA) is 43.8 Å². The van der Waals surface area contributed by atoms with Crippen molar-refractivity contribution >= 4 is 11.0 Å². The molecule has 0 spiro atoms. The highest BCUT2D eigenvalue weighted by molar-refractivity contribution is 5.75. The zero-order chi connectivity index (χ0) is 11.8. The molecule has 0 aliphatic rings. The summed E-state index contributed by atoms with van der Waals surface area (Å²) in [7, 11) is 0. The molecule has 0 aliphatic carbocycles. The Morgan fingerprint density at radius 2 is 2.00 bits per heavy atom. The van der Waals surface area contributed by atoms with E-state index >= 15 is 0 Å². The Hall–Kier alpha value is -1.56. The molecule has 3 nitrogen and oxygen atoms in total. The Bertz CT molecular complexity index is 489. The lowest BCUT2D eigenvalue weighted by Crippen LogP contribution is -2.32. The molecule has 86 valence electrons. The number of aromatic nitrogens is 2. The van der Waals surface area contributed by atoms with Gasteiger partial charge in [0, 0.05) is 6.54 Å². The van der Waals surface area contributed by atoms with Crippen LogP contribution in [-0.4, -0.2) is 22.3 Å². The predicted octanol–water partition coefficient (Wildman–Crippen LogP) is 2.10. The van der Waals surface area contributed by atoms with Gasteiger partial charge in [0.2, 0.25) is 0 Å². The lowest BCUT2D eigenvalue weighted by atomic mass is 10.2. The number of halogens is 3. The first-order valence-electron chi connectivity index (χ1n) is 4.72. The number of para-hydroxylation sites is 2. The van der Waals surface area contributed by atoms with Crippen LogP contribution in [0.1, 0.15) is 6.04 Å². The molecular weight excluding hydrogens is 219 g/mol. The van der Waals surface area contributed by atoms with E-state index in [1.54, 1.807) is 24.3 Å². The highest BCUT2D eigenvalue weighted by atomic mass is 19.4. The third-order valence-electron chi connectivity index (χ3n) is 2.42. The fraction of sp³-hybridized carbons (Fsp3) is 0.300. The van der Waals surface area contributed by atoms with Crippen LogP contribution in [0.15, 0.2) is 30.6 Å². The lowest BCUT2D eigenvalue weighted by molar-refractivity contribution is -0.164. The van der Waals surface area contributed by atoms with Crippen LogP contribution in [0.5, 0.6) is 0 Å². The highest BCUT2D eigenvalue weighted by Gasteiger charge is 2.40. The maximum absolute atomic E-state index is 12.7. The van der Waals surface area contributed by atoms with Crippen LogP contribution in [0.3, 0.4) is 0 Å². The molecule has 0 amide bonds. The fourth-order valence-corrected chi connectivity index (χ4v) is 1.63. The molecule has 1 heterocycles. The van der Waals surface area contributed by atoms with Gasteiger partial charge in [0.05, 0.1) is 17.4 Å². The minimum absolute atomic E-state index is 0.440. The minimum atomic E-state index is -4.36.